The van der Waals surface area contributed by atoms with Crippen molar-refractivity contribution in [2.75, 3.05) is 32.7 Å². The average molecular weight is 243 g/mol. The first-order chi connectivity index (χ1) is 8.04. The van der Waals surface area contributed by atoms with Crippen LogP contribution in [0, 0.1) is 0 Å². The summed E-state index contributed by atoms with van der Waals surface area (Å²) >= 11 is 0. The molecule has 1 aliphatic heterocycles. The molecule has 0 aromatic rings. The van der Waals surface area contributed by atoms with Crippen molar-refractivity contribution in [2.24, 2.45) is 5.73 Å². The highest BCUT2D eigenvalue weighted by molar-refractivity contribution is 5.79. The number of carboxylic acids is 1. The van der Waals surface area contributed by atoms with Crippen molar-refractivity contribution in [1.29, 1.82) is 0 Å². The van der Waals surface area contributed by atoms with Crippen molar-refractivity contribution in [3.8, 4) is 0 Å². The third kappa shape index (κ3) is 4.32. The second-order valence-corrected chi connectivity index (χ2v) is 4.35. The molecule has 1 amide bonds. The highest BCUT2D eigenvalue weighted by Gasteiger charge is 2.25. The Morgan fingerprint density at radius 2 is 1.88 bits per heavy atom. The number of hydrogen-bond acceptors (Lipinski definition) is 4. The van der Waals surface area contributed by atoms with E-state index in [9.17, 15) is 9.59 Å². The van der Waals surface area contributed by atoms with Crippen molar-refractivity contribution in [3.63, 3.8) is 0 Å². The van der Waals surface area contributed by atoms with Gasteiger partial charge in [0.05, 0.1) is 12.5 Å². The van der Waals surface area contributed by atoms with E-state index >= 15 is 0 Å². The maximum absolute atomic E-state index is 11.2. The van der Waals surface area contributed by atoms with Crippen molar-refractivity contribution in [1.82, 2.24) is 9.80 Å². The molecule has 0 saturated carbocycles. The van der Waals surface area contributed by atoms with Crippen molar-refractivity contribution >= 4 is 11.9 Å². The number of carbonyl (C=O) groups excluding carboxylic acids is 1. The molecule has 0 bridgehead atoms. The van der Waals surface area contributed by atoms with Crippen molar-refractivity contribution in [3.05, 3.63) is 0 Å². The highest BCUT2D eigenvalue weighted by atomic mass is 16.4. The van der Waals surface area contributed by atoms with Gasteiger partial charge in [-0.2, -0.15) is 0 Å². The molecule has 1 rings (SSSR count). The summed E-state index contributed by atoms with van der Waals surface area (Å²) in [7, 11) is 0. The molecule has 1 atom stereocenters. The number of primary amides is 1. The van der Waals surface area contributed by atoms with Crippen LogP contribution in [-0.4, -0.2) is 65.5 Å². The summed E-state index contributed by atoms with van der Waals surface area (Å²) in [6.07, 6.45) is 0.900. The minimum atomic E-state index is -0.768. The van der Waals surface area contributed by atoms with Crippen LogP contribution >= 0.6 is 0 Å². The molecule has 17 heavy (non-hydrogen) atoms. The normalized spacial score (nSPS) is 20.1. The Labute approximate surface area is 101 Å². The Morgan fingerprint density at radius 1 is 1.29 bits per heavy atom. The quantitative estimate of drug-likeness (QED) is 0.647. The summed E-state index contributed by atoms with van der Waals surface area (Å²) in [6.45, 7) is 5.69. The fraction of sp³-hybridized carbons (Fsp3) is 0.818. The van der Waals surface area contributed by atoms with Gasteiger partial charge in [0.25, 0.3) is 0 Å². The van der Waals surface area contributed by atoms with Crippen molar-refractivity contribution < 1.29 is 14.7 Å². The third-order valence-electron chi connectivity index (χ3n) is 3.20. The van der Waals surface area contributed by atoms with Gasteiger partial charge in [-0.3, -0.25) is 14.5 Å². The maximum atomic E-state index is 11.2. The molecule has 0 radical (unpaired) electrons. The lowest BCUT2D eigenvalue weighted by Gasteiger charge is -2.37. The molecule has 0 aromatic heterocycles. The fourth-order valence-electron chi connectivity index (χ4n) is 2.19. The number of aliphatic carboxylic acids is 1. The van der Waals surface area contributed by atoms with Crippen LogP contribution in [0.15, 0.2) is 0 Å². The van der Waals surface area contributed by atoms with Gasteiger partial charge in [-0.1, -0.05) is 6.92 Å². The molecule has 3 N–H and O–H groups in total. The van der Waals surface area contributed by atoms with Crippen LogP contribution in [-0.2, 0) is 9.59 Å². The molecule has 98 valence electrons. The molecular formula is C11H21N3O3. The Bertz CT molecular complexity index is 275. The van der Waals surface area contributed by atoms with Gasteiger partial charge in [-0.15, -0.1) is 0 Å². The van der Waals surface area contributed by atoms with E-state index in [-0.39, 0.29) is 18.4 Å². The average Bonchev–Trinajstić information content (AvgIpc) is 2.28. The first-order valence-electron chi connectivity index (χ1n) is 6.02. The van der Waals surface area contributed by atoms with E-state index in [1.807, 2.05) is 6.92 Å². The summed E-state index contributed by atoms with van der Waals surface area (Å²) in [5.41, 5.74) is 5.34. The van der Waals surface area contributed by atoms with Crippen LogP contribution in [0.5, 0.6) is 0 Å². The van der Waals surface area contributed by atoms with Gasteiger partial charge >= 0.3 is 5.97 Å². The zero-order valence-electron chi connectivity index (χ0n) is 10.3. The van der Waals surface area contributed by atoms with Gasteiger partial charge in [-0.05, 0) is 6.42 Å². The zero-order valence-corrected chi connectivity index (χ0v) is 10.3. The Morgan fingerprint density at radius 3 is 2.29 bits per heavy atom. The van der Waals surface area contributed by atoms with Gasteiger partial charge < -0.3 is 15.7 Å². The molecule has 6 heteroatoms. The Kier molecular flexibility index (Phi) is 5.37. The van der Waals surface area contributed by atoms with E-state index < -0.39 is 5.97 Å². The number of rotatable bonds is 6. The molecule has 0 aromatic carbocycles. The van der Waals surface area contributed by atoms with Gasteiger partial charge in [0.1, 0.15) is 0 Å². The molecule has 0 aliphatic carbocycles. The van der Waals surface area contributed by atoms with Crippen molar-refractivity contribution in [2.45, 2.75) is 25.8 Å². The maximum Gasteiger partial charge on any atom is 0.304 e. The molecule has 1 fully saturated rings. The number of hydrogen-bond donors (Lipinski definition) is 2. The van der Waals surface area contributed by atoms with E-state index in [1.165, 1.54) is 0 Å². The van der Waals surface area contributed by atoms with Crippen LogP contribution in [0.2, 0.25) is 0 Å². The zero-order chi connectivity index (χ0) is 12.8. The predicted octanol–water partition coefficient (Wildman–Crippen LogP) is -0.657. The summed E-state index contributed by atoms with van der Waals surface area (Å²) in [5, 5.41) is 8.60. The lowest BCUT2D eigenvalue weighted by atomic mass is 10.1. The van der Waals surface area contributed by atoms with Crippen LogP contribution in [0.3, 0.4) is 0 Å². The molecule has 0 spiro atoms. The smallest absolute Gasteiger partial charge is 0.304 e. The number of piperazine rings is 1. The third-order valence-corrected chi connectivity index (χ3v) is 3.20. The lowest BCUT2D eigenvalue weighted by Crippen LogP contribution is -2.54. The minimum Gasteiger partial charge on any atom is -0.481 e. The second kappa shape index (κ2) is 6.56. The van der Waals surface area contributed by atoms with Crippen LogP contribution in [0.1, 0.15) is 19.8 Å². The monoisotopic (exact) mass is 243 g/mol. The Hall–Kier alpha value is -1.14. The molecular weight excluding hydrogens is 222 g/mol. The SMILES string of the molecule is CCC(C(N)=O)N1CCN(CCC(=O)O)CC1. The first kappa shape index (κ1) is 13.9. The summed E-state index contributed by atoms with van der Waals surface area (Å²) in [5.74, 6) is -1.04. The standard InChI is InChI=1S/C11H21N3O3/c1-2-9(11(12)17)14-7-5-13(6-8-14)4-3-10(15)16/h9H,2-8H2,1H3,(H2,12,17)(H,15,16). The second-order valence-electron chi connectivity index (χ2n) is 4.35. The topological polar surface area (TPSA) is 86.9 Å². The number of nitrogens with zero attached hydrogens (tertiary/aromatic N) is 2. The van der Waals surface area contributed by atoms with Crippen LogP contribution < -0.4 is 5.73 Å². The molecule has 6 nitrogen and oxygen atoms in total. The molecule has 1 aliphatic rings. The van der Waals surface area contributed by atoms with Crippen LogP contribution in [0.4, 0.5) is 0 Å². The Balaban J connectivity index is 2.34. The fourth-order valence-corrected chi connectivity index (χ4v) is 2.19. The summed E-state index contributed by atoms with van der Waals surface area (Å²) < 4.78 is 0. The number of amides is 1. The minimum absolute atomic E-state index is 0.174. The van der Waals surface area contributed by atoms with E-state index in [1.54, 1.807) is 0 Å². The number of carboxylic acid groups (broad SMARTS) is 1. The number of nitrogens with two attached hydrogens (primary N) is 1. The largest absolute Gasteiger partial charge is 0.481 e. The number of carbonyl (C=O) groups is 2. The van der Waals surface area contributed by atoms with Gasteiger partial charge in [0, 0.05) is 32.7 Å². The van der Waals surface area contributed by atoms with E-state index in [0.29, 0.717) is 6.54 Å². The van der Waals surface area contributed by atoms with E-state index in [4.69, 9.17) is 10.8 Å². The summed E-state index contributed by atoms with van der Waals surface area (Å²) in [4.78, 5) is 25.9. The predicted molar refractivity (Wildman–Crippen MR) is 63.5 cm³/mol. The van der Waals surface area contributed by atoms with Gasteiger partial charge in [0.2, 0.25) is 5.91 Å². The molecule has 1 unspecified atom stereocenters. The van der Waals surface area contributed by atoms with E-state index in [0.717, 1.165) is 32.6 Å². The van der Waals surface area contributed by atoms with E-state index in [2.05, 4.69) is 9.80 Å². The molecule has 1 saturated heterocycles. The molecule has 1 heterocycles. The summed E-state index contributed by atoms with van der Waals surface area (Å²) in [6, 6.07) is -0.184. The highest BCUT2D eigenvalue weighted by Crippen LogP contribution is 2.09. The van der Waals surface area contributed by atoms with Gasteiger partial charge in [-0.25, -0.2) is 0 Å². The first-order valence-corrected chi connectivity index (χ1v) is 6.02. The van der Waals surface area contributed by atoms with Gasteiger partial charge in [0.15, 0.2) is 0 Å². The van der Waals surface area contributed by atoms with Crippen LogP contribution in [0.25, 0.3) is 0 Å². The lowest BCUT2D eigenvalue weighted by molar-refractivity contribution is -0.137.